The molecule has 1 heterocycles. The first-order valence-electron chi connectivity index (χ1n) is 5.40. The largest absolute Gasteiger partial charge is 0.475 e. The lowest BCUT2D eigenvalue weighted by Gasteiger charge is -2.28. The molecule has 0 saturated heterocycles. The first-order chi connectivity index (χ1) is 7.34. The van der Waals surface area contributed by atoms with Gasteiger partial charge in [0, 0.05) is 6.42 Å². The number of rotatable bonds is 4. The molecule has 0 aliphatic carbocycles. The Labute approximate surface area is 94.9 Å². The summed E-state index contributed by atoms with van der Waals surface area (Å²) < 4.78 is 4.91. The number of carbonyl (C=O) groups is 1. The second-order valence-electron chi connectivity index (χ2n) is 4.99. The van der Waals surface area contributed by atoms with Crippen LogP contribution in [-0.4, -0.2) is 21.2 Å². The summed E-state index contributed by atoms with van der Waals surface area (Å²) >= 11 is 0. The number of nitrogens with zero attached hydrogens (tertiary/aromatic N) is 2. The standard InChI is InChI=1S/C11H18N2O3/c1-5-7(11(2,3)4)6-8-12-9(10(14)15)13-16-8/h7H,5-6H2,1-4H3,(H,14,15). The quantitative estimate of drug-likeness (QED) is 0.852. The zero-order valence-corrected chi connectivity index (χ0v) is 10.1. The van der Waals surface area contributed by atoms with Gasteiger partial charge in [0.1, 0.15) is 0 Å². The highest BCUT2D eigenvalue weighted by Crippen LogP contribution is 2.31. The fourth-order valence-electron chi connectivity index (χ4n) is 1.70. The smallest absolute Gasteiger partial charge is 0.377 e. The van der Waals surface area contributed by atoms with Crippen LogP contribution in [0.5, 0.6) is 0 Å². The van der Waals surface area contributed by atoms with Crippen LogP contribution < -0.4 is 0 Å². The van der Waals surface area contributed by atoms with Crippen molar-refractivity contribution in [2.75, 3.05) is 0 Å². The minimum atomic E-state index is -1.15. The molecule has 90 valence electrons. The van der Waals surface area contributed by atoms with E-state index in [2.05, 4.69) is 37.8 Å². The molecule has 5 heteroatoms. The Hall–Kier alpha value is -1.39. The van der Waals surface area contributed by atoms with Gasteiger partial charge in [0.2, 0.25) is 5.89 Å². The summed E-state index contributed by atoms with van der Waals surface area (Å²) in [4.78, 5) is 14.4. The highest BCUT2D eigenvalue weighted by molar-refractivity contribution is 5.82. The van der Waals surface area contributed by atoms with Crippen LogP contribution in [0.15, 0.2) is 4.52 Å². The molecule has 1 aromatic heterocycles. The summed E-state index contributed by atoms with van der Waals surface area (Å²) in [6.07, 6.45) is 1.62. The topological polar surface area (TPSA) is 76.2 Å². The molecule has 1 rings (SSSR count). The number of aromatic carboxylic acids is 1. The molecule has 0 fully saturated rings. The number of hydrogen-bond donors (Lipinski definition) is 1. The van der Waals surface area contributed by atoms with Crippen LogP contribution in [0.4, 0.5) is 0 Å². The molecule has 1 aromatic rings. The maximum absolute atomic E-state index is 10.6. The van der Waals surface area contributed by atoms with Gasteiger partial charge in [-0.3, -0.25) is 0 Å². The fourth-order valence-corrected chi connectivity index (χ4v) is 1.70. The summed E-state index contributed by atoms with van der Waals surface area (Å²) in [6.45, 7) is 8.55. The SMILES string of the molecule is CCC(Cc1nc(C(=O)O)no1)C(C)(C)C. The van der Waals surface area contributed by atoms with Gasteiger partial charge >= 0.3 is 5.97 Å². The molecule has 16 heavy (non-hydrogen) atoms. The van der Waals surface area contributed by atoms with Gasteiger partial charge < -0.3 is 9.63 Å². The van der Waals surface area contributed by atoms with Crippen molar-refractivity contribution in [1.82, 2.24) is 10.1 Å². The molecule has 0 aliphatic rings. The molecule has 0 bridgehead atoms. The van der Waals surface area contributed by atoms with E-state index in [0.29, 0.717) is 18.2 Å². The van der Waals surface area contributed by atoms with Crippen LogP contribution >= 0.6 is 0 Å². The van der Waals surface area contributed by atoms with Gasteiger partial charge in [0.15, 0.2) is 0 Å². The molecule has 1 atom stereocenters. The Morgan fingerprint density at radius 3 is 2.50 bits per heavy atom. The monoisotopic (exact) mass is 226 g/mol. The molecule has 1 N–H and O–H groups in total. The van der Waals surface area contributed by atoms with Crippen molar-refractivity contribution in [1.29, 1.82) is 0 Å². The van der Waals surface area contributed by atoms with Crippen LogP contribution in [0.2, 0.25) is 0 Å². The maximum atomic E-state index is 10.6. The van der Waals surface area contributed by atoms with Crippen LogP contribution in [0, 0.1) is 11.3 Å². The van der Waals surface area contributed by atoms with E-state index in [1.54, 1.807) is 0 Å². The third kappa shape index (κ3) is 3.05. The molecule has 0 aliphatic heterocycles. The van der Waals surface area contributed by atoms with E-state index in [1.165, 1.54) is 0 Å². The molecule has 0 saturated carbocycles. The lowest BCUT2D eigenvalue weighted by atomic mass is 9.77. The first kappa shape index (κ1) is 12.7. The normalized spacial score (nSPS) is 13.8. The zero-order valence-electron chi connectivity index (χ0n) is 10.1. The third-order valence-corrected chi connectivity index (χ3v) is 2.80. The van der Waals surface area contributed by atoms with Gasteiger partial charge in [0.25, 0.3) is 5.82 Å². The number of aromatic nitrogens is 2. The molecule has 0 radical (unpaired) electrons. The average Bonchev–Trinajstić information content (AvgIpc) is 2.60. The van der Waals surface area contributed by atoms with Crippen molar-refractivity contribution in [2.45, 2.75) is 40.5 Å². The molecular formula is C11H18N2O3. The van der Waals surface area contributed by atoms with Crippen molar-refractivity contribution >= 4 is 5.97 Å². The summed E-state index contributed by atoms with van der Waals surface area (Å²) in [7, 11) is 0. The molecule has 0 spiro atoms. The van der Waals surface area contributed by atoms with E-state index in [9.17, 15) is 4.79 Å². The molecular weight excluding hydrogens is 208 g/mol. The van der Waals surface area contributed by atoms with Crippen LogP contribution in [0.1, 0.15) is 50.6 Å². The first-order valence-corrected chi connectivity index (χ1v) is 5.40. The average molecular weight is 226 g/mol. The van der Waals surface area contributed by atoms with Gasteiger partial charge in [0.05, 0.1) is 0 Å². The molecule has 1 unspecified atom stereocenters. The third-order valence-electron chi connectivity index (χ3n) is 2.80. The van der Waals surface area contributed by atoms with E-state index in [1.807, 2.05) is 0 Å². The summed E-state index contributed by atoms with van der Waals surface area (Å²) in [6, 6.07) is 0. The van der Waals surface area contributed by atoms with Crippen molar-refractivity contribution < 1.29 is 14.4 Å². The van der Waals surface area contributed by atoms with E-state index in [-0.39, 0.29) is 11.2 Å². The van der Waals surface area contributed by atoms with E-state index in [0.717, 1.165) is 6.42 Å². The minimum absolute atomic E-state index is 0.145. The van der Waals surface area contributed by atoms with Crippen LogP contribution in [0.3, 0.4) is 0 Å². The van der Waals surface area contributed by atoms with E-state index < -0.39 is 5.97 Å². The van der Waals surface area contributed by atoms with Crippen LogP contribution in [-0.2, 0) is 6.42 Å². The van der Waals surface area contributed by atoms with Crippen LogP contribution in [0.25, 0.3) is 0 Å². The van der Waals surface area contributed by atoms with Gasteiger partial charge in [-0.2, -0.15) is 4.98 Å². The predicted molar refractivity (Wildman–Crippen MR) is 58.2 cm³/mol. The van der Waals surface area contributed by atoms with Crippen molar-refractivity contribution in [3.63, 3.8) is 0 Å². The second-order valence-corrected chi connectivity index (χ2v) is 4.99. The summed E-state index contributed by atoms with van der Waals surface area (Å²) in [5.41, 5.74) is 0.145. The molecule has 5 nitrogen and oxygen atoms in total. The summed E-state index contributed by atoms with van der Waals surface area (Å²) in [5, 5.41) is 12.1. The Balaban J connectivity index is 2.75. The van der Waals surface area contributed by atoms with E-state index >= 15 is 0 Å². The Kier molecular flexibility index (Phi) is 3.67. The highest BCUT2D eigenvalue weighted by Gasteiger charge is 2.25. The fraction of sp³-hybridized carbons (Fsp3) is 0.727. The van der Waals surface area contributed by atoms with Crippen molar-refractivity contribution in [2.24, 2.45) is 11.3 Å². The van der Waals surface area contributed by atoms with Gasteiger partial charge in [-0.25, -0.2) is 4.79 Å². The Bertz CT molecular complexity index is 366. The van der Waals surface area contributed by atoms with E-state index in [4.69, 9.17) is 9.63 Å². The second kappa shape index (κ2) is 4.63. The van der Waals surface area contributed by atoms with Gasteiger partial charge in [-0.15, -0.1) is 0 Å². The Morgan fingerprint density at radius 1 is 1.50 bits per heavy atom. The zero-order chi connectivity index (χ0) is 12.3. The minimum Gasteiger partial charge on any atom is -0.475 e. The predicted octanol–water partition coefficient (Wildman–Crippen LogP) is 2.38. The number of hydrogen-bond acceptors (Lipinski definition) is 4. The van der Waals surface area contributed by atoms with Crippen molar-refractivity contribution in [3.8, 4) is 0 Å². The summed E-state index contributed by atoms with van der Waals surface area (Å²) in [5.74, 6) is -0.619. The number of carboxylic acids is 1. The molecule has 0 amide bonds. The van der Waals surface area contributed by atoms with Gasteiger partial charge in [-0.05, 0) is 16.5 Å². The Morgan fingerprint density at radius 2 is 2.12 bits per heavy atom. The lowest BCUT2D eigenvalue weighted by Crippen LogP contribution is -2.22. The number of carboxylic acid groups (broad SMARTS) is 1. The maximum Gasteiger partial charge on any atom is 0.377 e. The van der Waals surface area contributed by atoms with Gasteiger partial charge in [-0.1, -0.05) is 34.1 Å². The molecule has 0 aromatic carbocycles. The van der Waals surface area contributed by atoms with Crippen molar-refractivity contribution in [3.05, 3.63) is 11.7 Å². The highest BCUT2D eigenvalue weighted by atomic mass is 16.5. The lowest BCUT2D eigenvalue weighted by molar-refractivity contribution is 0.0680.